The van der Waals surface area contributed by atoms with Crippen LogP contribution in [-0.2, 0) is 19.9 Å². The molecule has 4 aliphatic heterocycles. The Hall–Kier alpha value is -3.79. The Labute approximate surface area is 201 Å². The molecule has 4 aliphatic rings. The summed E-state index contributed by atoms with van der Waals surface area (Å²) in [5.41, 5.74) is 1.85. The molecule has 0 radical (unpaired) electrons. The van der Waals surface area contributed by atoms with Gasteiger partial charge < -0.3 is 10.1 Å². The fourth-order valence-electron chi connectivity index (χ4n) is 6.72. The van der Waals surface area contributed by atoms with Gasteiger partial charge in [-0.2, -0.15) is 0 Å². The molecule has 10 heteroatoms. The van der Waals surface area contributed by atoms with E-state index in [-0.39, 0.29) is 29.1 Å². The van der Waals surface area contributed by atoms with E-state index in [2.05, 4.69) is 10.2 Å². The van der Waals surface area contributed by atoms with Crippen LogP contribution in [0, 0.1) is 35.8 Å². The number of imide groups is 1. The van der Waals surface area contributed by atoms with E-state index in [0.29, 0.717) is 18.7 Å². The molecule has 0 bridgehead atoms. The van der Waals surface area contributed by atoms with Crippen molar-refractivity contribution in [2.24, 2.45) is 11.8 Å². The van der Waals surface area contributed by atoms with Crippen LogP contribution in [0.4, 0.5) is 17.1 Å². The number of anilines is 2. The number of methoxy groups -OCH3 is 1. The normalized spacial score (nSPS) is 28.9. The zero-order chi connectivity index (χ0) is 24.8. The van der Waals surface area contributed by atoms with Gasteiger partial charge in [0.2, 0.25) is 17.7 Å². The number of nitro benzene ring substituents is 1. The molecule has 1 spiro atoms. The van der Waals surface area contributed by atoms with Crippen molar-refractivity contribution in [3.8, 4) is 5.75 Å². The molecule has 0 saturated carbocycles. The van der Waals surface area contributed by atoms with Crippen LogP contribution >= 0.6 is 0 Å². The van der Waals surface area contributed by atoms with Gasteiger partial charge in [0, 0.05) is 29.4 Å². The highest BCUT2D eigenvalue weighted by Crippen LogP contribution is 2.61. The van der Waals surface area contributed by atoms with E-state index in [0.717, 1.165) is 28.0 Å². The number of nitro groups is 1. The van der Waals surface area contributed by atoms with Crippen LogP contribution in [0.15, 0.2) is 30.3 Å². The van der Waals surface area contributed by atoms with E-state index in [1.807, 2.05) is 26.0 Å². The van der Waals surface area contributed by atoms with Crippen LogP contribution in [0.25, 0.3) is 0 Å². The smallest absolute Gasteiger partial charge is 0.271 e. The third-order valence-electron chi connectivity index (χ3n) is 8.31. The van der Waals surface area contributed by atoms with E-state index in [1.165, 1.54) is 25.3 Å². The molecule has 6 rings (SSSR count). The highest BCUT2D eigenvalue weighted by atomic mass is 16.6. The molecule has 0 aromatic heterocycles. The average Bonchev–Trinajstić information content (AvgIpc) is 3.54. The number of hydrogen-bond acceptors (Lipinski definition) is 7. The van der Waals surface area contributed by atoms with E-state index in [1.54, 1.807) is 0 Å². The Kier molecular flexibility index (Phi) is 4.41. The molecule has 35 heavy (non-hydrogen) atoms. The Balaban J connectivity index is 1.56. The summed E-state index contributed by atoms with van der Waals surface area (Å²) in [5, 5.41) is 14.5. The molecule has 2 aromatic rings. The number of nitrogens with one attached hydrogen (secondary N) is 1. The van der Waals surface area contributed by atoms with Crippen molar-refractivity contribution < 1.29 is 24.0 Å². The van der Waals surface area contributed by atoms with Gasteiger partial charge in [0.05, 0.1) is 23.9 Å². The SMILES string of the molecule is COc1ccc([N+](=O)[O-])cc1N1C(=O)[C@@H]2[C@@H]3CCCN3[C@@]3(C(=O)Nc4c3ccc(C)c4C)[C@H]2C1=O. The van der Waals surface area contributed by atoms with Gasteiger partial charge in [0.25, 0.3) is 5.69 Å². The monoisotopic (exact) mass is 476 g/mol. The maximum Gasteiger partial charge on any atom is 0.271 e. The Morgan fingerprint density at radius 3 is 2.63 bits per heavy atom. The molecule has 0 aliphatic carbocycles. The van der Waals surface area contributed by atoms with Gasteiger partial charge >= 0.3 is 0 Å². The van der Waals surface area contributed by atoms with Gasteiger partial charge in [-0.3, -0.25) is 29.4 Å². The number of amides is 3. The van der Waals surface area contributed by atoms with Crippen molar-refractivity contribution >= 4 is 34.8 Å². The molecular formula is C25H24N4O6. The molecule has 2 aromatic carbocycles. The first-order valence-electron chi connectivity index (χ1n) is 11.6. The minimum atomic E-state index is -1.30. The van der Waals surface area contributed by atoms with Crippen molar-refractivity contribution in [2.75, 3.05) is 23.9 Å². The maximum absolute atomic E-state index is 14.1. The first kappa shape index (κ1) is 21.7. The summed E-state index contributed by atoms with van der Waals surface area (Å²) in [6.45, 7) is 4.50. The summed E-state index contributed by atoms with van der Waals surface area (Å²) in [5.74, 6) is -2.76. The molecule has 3 fully saturated rings. The van der Waals surface area contributed by atoms with Gasteiger partial charge in [0.1, 0.15) is 17.0 Å². The maximum atomic E-state index is 14.1. The largest absolute Gasteiger partial charge is 0.495 e. The Morgan fingerprint density at radius 2 is 1.91 bits per heavy atom. The third-order valence-corrected chi connectivity index (χ3v) is 8.31. The number of benzene rings is 2. The number of hydrogen-bond donors (Lipinski definition) is 1. The van der Waals surface area contributed by atoms with Gasteiger partial charge in [-0.25, -0.2) is 4.90 Å². The van der Waals surface area contributed by atoms with Gasteiger partial charge in [0.15, 0.2) is 0 Å². The number of nitrogens with zero attached hydrogens (tertiary/aromatic N) is 3. The van der Waals surface area contributed by atoms with Crippen LogP contribution in [0.1, 0.15) is 29.5 Å². The van der Waals surface area contributed by atoms with E-state index in [4.69, 9.17) is 4.74 Å². The number of non-ortho nitro benzene ring substituents is 1. The summed E-state index contributed by atoms with van der Waals surface area (Å²) in [4.78, 5) is 55.7. The molecule has 4 atom stereocenters. The van der Waals surface area contributed by atoms with Crippen LogP contribution < -0.4 is 15.0 Å². The van der Waals surface area contributed by atoms with Crippen molar-refractivity contribution in [2.45, 2.75) is 38.3 Å². The number of rotatable bonds is 3. The predicted molar refractivity (Wildman–Crippen MR) is 125 cm³/mol. The molecule has 3 amide bonds. The number of carbonyl (C=O) groups is 3. The first-order chi connectivity index (χ1) is 16.7. The summed E-state index contributed by atoms with van der Waals surface area (Å²) in [6, 6.07) is 7.39. The number of aryl methyl sites for hydroxylation is 1. The summed E-state index contributed by atoms with van der Waals surface area (Å²) in [7, 11) is 1.38. The number of carbonyl (C=O) groups excluding carboxylic acids is 3. The standard InChI is InChI=1S/C25H24N4O6/c1-12-6-8-15-21(13(12)2)26-24(32)25(15)20-19(16-5-4-10-27(16)25)22(30)28(23(20)31)17-11-14(29(33)34)7-9-18(17)35-3/h6-9,11,16,19-20H,4-5,10H2,1-3H3,(H,26,32)/t16-,19+,20+,25+/m0/s1. The zero-order valence-corrected chi connectivity index (χ0v) is 19.5. The molecule has 3 saturated heterocycles. The minimum absolute atomic E-state index is 0.0320. The second-order valence-electron chi connectivity index (χ2n) is 9.68. The van der Waals surface area contributed by atoms with Gasteiger partial charge in [-0.1, -0.05) is 12.1 Å². The van der Waals surface area contributed by atoms with E-state index in [9.17, 15) is 24.5 Å². The Bertz CT molecular complexity index is 1360. The molecule has 1 N–H and O–H groups in total. The number of ether oxygens (including phenoxy) is 1. The third kappa shape index (κ3) is 2.49. The van der Waals surface area contributed by atoms with Gasteiger partial charge in [-0.15, -0.1) is 0 Å². The number of fused-ring (bicyclic) bond motifs is 7. The second kappa shape index (κ2) is 7.11. The molecule has 10 nitrogen and oxygen atoms in total. The van der Waals surface area contributed by atoms with Crippen LogP contribution in [0.2, 0.25) is 0 Å². The van der Waals surface area contributed by atoms with Crippen molar-refractivity contribution in [1.82, 2.24) is 4.90 Å². The Morgan fingerprint density at radius 1 is 1.14 bits per heavy atom. The summed E-state index contributed by atoms with van der Waals surface area (Å²) in [6.07, 6.45) is 1.50. The van der Waals surface area contributed by atoms with Crippen LogP contribution in [-0.4, -0.2) is 47.2 Å². The van der Waals surface area contributed by atoms with Crippen LogP contribution in [0.5, 0.6) is 5.75 Å². The topological polar surface area (TPSA) is 122 Å². The molecule has 0 unspecified atom stereocenters. The zero-order valence-electron chi connectivity index (χ0n) is 19.5. The lowest BCUT2D eigenvalue weighted by Crippen LogP contribution is -2.54. The molecule has 180 valence electrons. The van der Waals surface area contributed by atoms with Crippen molar-refractivity contribution in [3.05, 3.63) is 57.1 Å². The van der Waals surface area contributed by atoms with Gasteiger partial charge in [-0.05, 0) is 50.4 Å². The van der Waals surface area contributed by atoms with Crippen molar-refractivity contribution in [1.29, 1.82) is 0 Å². The fraction of sp³-hybridized carbons (Fsp3) is 0.400. The molecular weight excluding hydrogens is 452 g/mol. The lowest BCUT2D eigenvalue weighted by atomic mass is 9.75. The second-order valence-corrected chi connectivity index (χ2v) is 9.68. The fourth-order valence-corrected chi connectivity index (χ4v) is 6.72. The summed E-state index contributed by atoms with van der Waals surface area (Å²) < 4.78 is 5.36. The van der Waals surface area contributed by atoms with Crippen LogP contribution in [0.3, 0.4) is 0 Å². The highest BCUT2D eigenvalue weighted by molar-refractivity contribution is 6.26. The lowest BCUT2D eigenvalue weighted by Gasteiger charge is -2.36. The summed E-state index contributed by atoms with van der Waals surface area (Å²) >= 11 is 0. The lowest BCUT2D eigenvalue weighted by molar-refractivity contribution is -0.384. The first-order valence-corrected chi connectivity index (χ1v) is 11.6. The highest BCUT2D eigenvalue weighted by Gasteiger charge is 2.75. The van der Waals surface area contributed by atoms with Crippen molar-refractivity contribution in [3.63, 3.8) is 0 Å². The van der Waals surface area contributed by atoms with E-state index < -0.39 is 34.1 Å². The molecule has 4 heterocycles. The van der Waals surface area contributed by atoms with E-state index >= 15 is 0 Å². The predicted octanol–water partition coefficient (Wildman–Crippen LogP) is 2.65. The minimum Gasteiger partial charge on any atom is -0.495 e. The quantitative estimate of drug-likeness (QED) is 0.411. The average molecular weight is 476 g/mol.